The maximum absolute atomic E-state index is 12.6. The molecule has 2 aliphatic rings. The molecule has 2 aliphatic heterocycles. The molecular formula is C10H13F3N2. The van der Waals surface area contributed by atoms with Crippen LogP contribution in [0.15, 0.2) is 22.9 Å². The lowest BCUT2D eigenvalue weighted by Crippen LogP contribution is -2.41. The maximum atomic E-state index is 12.6. The van der Waals surface area contributed by atoms with Gasteiger partial charge in [0.1, 0.15) is 0 Å². The van der Waals surface area contributed by atoms with E-state index in [-0.39, 0.29) is 0 Å². The molecule has 0 aromatic heterocycles. The second kappa shape index (κ2) is 3.56. The summed E-state index contributed by atoms with van der Waals surface area (Å²) in [5.41, 5.74) is 1.21. The predicted molar refractivity (Wildman–Crippen MR) is 51.2 cm³/mol. The summed E-state index contributed by atoms with van der Waals surface area (Å²) in [7, 11) is 0. The van der Waals surface area contributed by atoms with Crippen molar-refractivity contribution in [2.24, 2.45) is 0 Å². The predicted octanol–water partition coefficient (Wildman–Crippen LogP) is 1.71. The largest absolute Gasteiger partial charge is 0.414 e. The van der Waals surface area contributed by atoms with Crippen LogP contribution in [0.1, 0.15) is 13.3 Å². The third-order valence-corrected chi connectivity index (χ3v) is 2.77. The Kier molecular flexibility index (Phi) is 2.50. The smallest absolute Gasteiger partial charge is 0.381 e. The summed E-state index contributed by atoms with van der Waals surface area (Å²) in [4.78, 5) is 0. The molecule has 1 atom stereocenters. The van der Waals surface area contributed by atoms with Gasteiger partial charge in [-0.25, -0.2) is 0 Å². The highest BCUT2D eigenvalue weighted by Crippen LogP contribution is 2.33. The number of halogens is 3. The van der Waals surface area contributed by atoms with E-state index >= 15 is 0 Å². The summed E-state index contributed by atoms with van der Waals surface area (Å²) in [6.45, 7) is 2.90. The summed E-state index contributed by atoms with van der Waals surface area (Å²) in [6, 6.07) is -0.637. The van der Waals surface area contributed by atoms with E-state index < -0.39 is 17.8 Å². The minimum atomic E-state index is -4.23. The van der Waals surface area contributed by atoms with Crippen molar-refractivity contribution in [1.82, 2.24) is 10.6 Å². The quantitative estimate of drug-likeness (QED) is 0.647. The first-order valence-corrected chi connectivity index (χ1v) is 4.96. The molecule has 0 amide bonds. The Balaban J connectivity index is 2.32. The molecule has 0 saturated carbocycles. The van der Waals surface area contributed by atoms with Crippen LogP contribution in [0.2, 0.25) is 0 Å². The van der Waals surface area contributed by atoms with Crippen LogP contribution in [0.25, 0.3) is 0 Å². The molecule has 2 nitrogen and oxygen atoms in total. The van der Waals surface area contributed by atoms with E-state index in [1.165, 1.54) is 6.08 Å². The SMILES string of the molecule is CC1NC2=C(C=C1C(F)(F)F)CNCC2. The number of hydrogen-bond acceptors (Lipinski definition) is 2. The van der Waals surface area contributed by atoms with E-state index in [1.54, 1.807) is 6.92 Å². The van der Waals surface area contributed by atoms with E-state index in [1.807, 2.05) is 0 Å². The molecule has 0 fully saturated rings. The Bertz CT molecular complexity index is 328. The molecule has 0 spiro atoms. The van der Waals surface area contributed by atoms with Gasteiger partial charge in [-0.15, -0.1) is 0 Å². The average molecular weight is 218 g/mol. The molecule has 15 heavy (non-hydrogen) atoms. The number of hydrogen-bond donors (Lipinski definition) is 2. The Hall–Kier alpha value is -0.970. The molecule has 0 saturated heterocycles. The summed E-state index contributed by atoms with van der Waals surface area (Å²) in [5, 5.41) is 5.99. The van der Waals surface area contributed by atoms with Crippen molar-refractivity contribution in [2.45, 2.75) is 25.6 Å². The number of alkyl halides is 3. The van der Waals surface area contributed by atoms with Gasteiger partial charge in [0.25, 0.3) is 0 Å². The van der Waals surface area contributed by atoms with Gasteiger partial charge in [-0.1, -0.05) is 0 Å². The molecule has 0 radical (unpaired) electrons. The van der Waals surface area contributed by atoms with Gasteiger partial charge >= 0.3 is 6.18 Å². The zero-order valence-corrected chi connectivity index (χ0v) is 8.41. The topological polar surface area (TPSA) is 24.1 Å². The zero-order valence-electron chi connectivity index (χ0n) is 8.41. The van der Waals surface area contributed by atoms with E-state index in [2.05, 4.69) is 10.6 Å². The Morgan fingerprint density at radius 2 is 2.13 bits per heavy atom. The lowest BCUT2D eigenvalue weighted by atomic mass is 9.95. The molecule has 0 aromatic carbocycles. The van der Waals surface area contributed by atoms with Crippen LogP contribution in [0.4, 0.5) is 13.2 Å². The van der Waals surface area contributed by atoms with Gasteiger partial charge in [-0.2, -0.15) is 13.2 Å². The first-order valence-electron chi connectivity index (χ1n) is 4.96. The van der Waals surface area contributed by atoms with Crippen LogP contribution >= 0.6 is 0 Å². The third kappa shape index (κ3) is 2.02. The maximum Gasteiger partial charge on any atom is 0.414 e. The van der Waals surface area contributed by atoms with Gasteiger partial charge in [0.2, 0.25) is 0 Å². The fourth-order valence-electron chi connectivity index (χ4n) is 1.99. The highest BCUT2D eigenvalue weighted by Gasteiger charge is 2.39. The molecule has 2 N–H and O–H groups in total. The van der Waals surface area contributed by atoms with Crippen molar-refractivity contribution >= 4 is 0 Å². The van der Waals surface area contributed by atoms with Crippen LogP contribution in [0.5, 0.6) is 0 Å². The Labute approximate surface area is 86.2 Å². The van der Waals surface area contributed by atoms with E-state index in [9.17, 15) is 13.2 Å². The third-order valence-electron chi connectivity index (χ3n) is 2.77. The standard InChI is InChI=1S/C10H13F3N2/c1-6-8(10(11,12)13)4-7-5-14-3-2-9(7)15-6/h4,6,14-15H,2-3,5H2,1H3. The minimum absolute atomic E-state index is 0.482. The number of rotatable bonds is 0. The van der Waals surface area contributed by atoms with Crippen molar-refractivity contribution in [3.05, 3.63) is 22.9 Å². The van der Waals surface area contributed by atoms with Gasteiger partial charge in [0.05, 0.1) is 11.6 Å². The van der Waals surface area contributed by atoms with Crippen molar-refractivity contribution in [2.75, 3.05) is 13.1 Å². The Morgan fingerprint density at radius 1 is 1.40 bits per heavy atom. The van der Waals surface area contributed by atoms with Gasteiger partial charge in [0, 0.05) is 18.8 Å². The molecular weight excluding hydrogens is 205 g/mol. The lowest BCUT2D eigenvalue weighted by molar-refractivity contribution is -0.0962. The normalized spacial score (nSPS) is 26.9. The van der Waals surface area contributed by atoms with Crippen molar-refractivity contribution in [3.63, 3.8) is 0 Å². The fourth-order valence-corrected chi connectivity index (χ4v) is 1.99. The van der Waals surface area contributed by atoms with Crippen molar-refractivity contribution < 1.29 is 13.2 Å². The Morgan fingerprint density at radius 3 is 2.80 bits per heavy atom. The first-order chi connectivity index (χ1) is 6.98. The summed E-state index contributed by atoms with van der Waals surface area (Å²) < 4.78 is 37.8. The van der Waals surface area contributed by atoms with E-state index in [4.69, 9.17) is 0 Å². The van der Waals surface area contributed by atoms with Crippen LogP contribution in [-0.4, -0.2) is 25.3 Å². The molecule has 0 bridgehead atoms. The molecule has 0 aromatic rings. The monoisotopic (exact) mass is 218 g/mol. The second-order valence-electron chi connectivity index (χ2n) is 3.89. The number of dihydropyridines is 1. The van der Waals surface area contributed by atoms with Crippen LogP contribution in [-0.2, 0) is 0 Å². The molecule has 2 heterocycles. The molecule has 2 rings (SSSR count). The van der Waals surface area contributed by atoms with Gasteiger partial charge < -0.3 is 10.6 Å². The lowest BCUT2D eigenvalue weighted by Gasteiger charge is -2.31. The van der Waals surface area contributed by atoms with Crippen LogP contribution in [0, 0.1) is 0 Å². The van der Waals surface area contributed by atoms with Crippen molar-refractivity contribution in [1.29, 1.82) is 0 Å². The van der Waals surface area contributed by atoms with Crippen molar-refractivity contribution in [3.8, 4) is 0 Å². The second-order valence-corrected chi connectivity index (χ2v) is 3.89. The molecule has 1 unspecified atom stereocenters. The first kappa shape index (κ1) is 10.5. The highest BCUT2D eigenvalue weighted by atomic mass is 19.4. The highest BCUT2D eigenvalue weighted by molar-refractivity contribution is 5.39. The van der Waals surface area contributed by atoms with E-state index in [0.29, 0.717) is 6.54 Å². The number of nitrogens with one attached hydrogen (secondary N) is 2. The molecule has 84 valence electrons. The van der Waals surface area contributed by atoms with Crippen LogP contribution < -0.4 is 10.6 Å². The van der Waals surface area contributed by atoms with Gasteiger partial charge in [-0.05, 0) is 25.0 Å². The van der Waals surface area contributed by atoms with Gasteiger partial charge in [-0.3, -0.25) is 0 Å². The summed E-state index contributed by atoms with van der Waals surface area (Å²) >= 11 is 0. The summed E-state index contributed by atoms with van der Waals surface area (Å²) in [6.07, 6.45) is -2.17. The molecule has 0 aliphatic carbocycles. The minimum Gasteiger partial charge on any atom is -0.381 e. The van der Waals surface area contributed by atoms with Gasteiger partial charge in [0.15, 0.2) is 0 Å². The van der Waals surface area contributed by atoms with Crippen LogP contribution in [0.3, 0.4) is 0 Å². The summed E-state index contributed by atoms with van der Waals surface area (Å²) in [5.74, 6) is 0. The fraction of sp³-hybridized carbons (Fsp3) is 0.600. The zero-order chi connectivity index (χ0) is 11.1. The average Bonchev–Trinajstić information content (AvgIpc) is 2.15. The van der Waals surface area contributed by atoms with E-state index in [0.717, 1.165) is 24.2 Å². The molecule has 5 heteroatoms.